The lowest BCUT2D eigenvalue weighted by atomic mass is 10.2. The van der Waals surface area contributed by atoms with Gasteiger partial charge in [0.15, 0.2) is 0 Å². The molecule has 0 saturated carbocycles. The second-order valence-electron chi connectivity index (χ2n) is 27.2. The molecule has 0 heterocycles. The molecule has 0 rings (SSSR count). The largest absolute Gasteiger partial charge is 0.466 e. The minimum atomic E-state index is -0.211. The zero-order valence-corrected chi connectivity index (χ0v) is 92.5. The van der Waals surface area contributed by atoms with Gasteiger partial charge in [-0.2, -0.15) is 0 Å². The lowest BCUT2D eigenvalue weighted by Crippen LogP contribution is -1.95. The van der Waals surface area contributed by atoms with Gasteiger partial charge in [-0.1, -0.05) is 395 Å². The zero-order valence-electron chi connectivity index (χ0n) is 92.5. The normalized spacial score (nSPS) is 8.30. The molecule has 0 aliphatic heterocycles. The maximum absolute atomic E-state index is 9.82. The molecule has 0 atom stereocenters. The number of carbonyl (C=O) groups excluding carboxylic acids is 11. The Bertz CT molecular complexity index is 1350. The first-order chi connectivity index (χ1) is 59.6. The van der Waals surface area contributed by atoms with Crippen molar-refractivity contribution >= 4 is 65.7 Å². The van der Waals surface area contributed by atoms with E-state index < -0.39 is 0 Å². The highest BCUT2D eigenvalue weighted by Gasteiger charge is 1.90. The van der Waals surface area contributed by atoms with Crippen LogP contribution in [0.1, 0.15) is 548 Å². The molecule has 0 saturated heterocycles. The van der Waals surface area contributed by atoms with Crippen LogP contribution in [0.3, 0.4) is 0 Å². The fourth-order valence-electron chi connectivity index (χ4n) is 7.24. The summed E-state index contributed by atoms with van der Waals surface area (Å²) in [5.74, 6) is -2.32. The van der Waals surface area contributed by atoms with E-state index >= 15 is 0 Å². The minimum Gasteiger partial charge on any atom is -0.466 e. The van der Waals surface area contributed by atoms with Gasteiger partial charge in [0.05, 0.1) is 72.7 Å². The molecule has 0 aromatic rings. The average molecular weight is 1830 g/mol. The van der Waals surface area contributed by atoms with Crippen LogP contribution >= 0.6 is 0 Å². The van der Waals surface area contributed by atoms with Crippen molar-refractivity contribution in [2.75, 3.05) is 72.7 Å². The first kappa shape index (κ1) is 174. The molecule has 0 spiro atoms. The SMILES string of the molecule is CCCCCC.CCCCCC.CCCCCC.CCCCCC.CCCCCC.CCCCCC.CCCCCC.CCCCCC.CCCCCC.CCCCCC.CCOC(C)=O.CCOC(C)=O.CCOC(C)=O.CCOC(C)=O.CCOC(C)=O.CCOC(C)=O.CCOC(C)=O.CCOC(C)=O.CCOC(C)=O.CCOC(C)=O.CCOC(C)=O. The summed E-state index contributed by atoms with van der Waals surface area (Å²) in [6.45, 7) is 84.8. The maximum atomic E-state index is 9.82. The molecule has 22 nitrogen and oxygen atoms in total. The Labute approximate surface area is 786 Å². The van der Waals surface area contributed by atoms with Gasteiger partial charge in [0, 0.05) is 76.2 Å². The van der Waals surface area contributed by atoms with Crippen molar-refractivity contribution in [2.24, 2.45) is 0 Å². The summed E-state index contributed by atoms with van der Waals surface area (Å²) in [5.41, 5.74) is 0. The van der Waals surface area contributed by atoms with Crippen LogP contribution in [0.4, 0.5) is 0 Å². The predicted molar refractivity (Wildman–Crippen MR) is 544 cm³/mol. The van der Waals surface area contributed by atoms with Gasteiger partial charge in [-0.15, -0.1) is 0 Å². The van der Waals surface area contributed by atoms with Crippen molar-refractivity contribution in [2.45, 2.75) is 548 Å². The Morgan fingerprint density at radius 2 is 0.143 bits per heavy atom. The topological polar surface area (TPSA) is 289 Å². The van der Waals surface area contributed by atoms with Gasteiger partial charge in [-0.05, 0) is 76.2 Å². The highest BCUT2D eigenvalue weighted by Crippen LogP contribution is 2.01. The quantitative estimate of drug-likeness (QED) is 0.0312. The lowest BCUT2D eigenvalue weighted by molar-refractivity contribution is -0.141. The number of esters is 11. The number of carbonyl (C=O) groups is 11. The van der Waals surface area contributed by atoms with Crippen molar-refractivity contribution in [1.29, 1.82) is 0 Å². The smallest absolute Gasteiger partial charge is 0.302 e. The van der Waals surface area contributed by atoms with Crippen molar-refractivity contribution in [1.82, 2.24) is 0 Å². The number of rotatable bonds is 41. The lowest BCUT2D eigenvalue weighted by Gasteiger charge is -1.89. The molecule has 126 heavy (non-hydrogen) atoms. The monoisotopic (exact) mass is 1830 g/mol. The van der Waals surface area contributed by atoms with E-state index in [1.54, 1.807) is 76.2 Å². The Balaban J connectivity index is -0.0000000484. The van der Waals surface area contributed by atoms with Crippen molar-refractivity contribution < 1.29 is 105 Å². The van der Waals surface area contributed by atoms with Crippen LogP contribution in [0.15, 0.2) is 0 Å². The highest BCUT2D eigenvalue weighted by atomic mass is 16.6. The van der Waals surface area contributed by atoms with Gasteiger partial charge in [-0.3, -0.25) is 52.7 Å². The Morgan fingerprint density at radius 3 is 0.151 bits per heavy atom. The summed E-state index contributed by atoms with van der Waals surface area (Å²) in [4.78, 5) is 108. The molecule has 0 aliphatic carbocycles. The van der Waals surface area contributed by atoms with E-state index in [1.165, 1.54) is 333 Å². The van der Waals surface area contributed by atoms with Crippen LogP contribution in [-0.4, -0.2) is 138 Å². The molecule has 0 unspecified atom stereocenters. The molecule has 0 radical (unpaired) electrons. The predicted octanol–water partition coefficient (Wildman–Crippen LogP) is 32.1. The van der Waals surface area contributed by atoms with Crippen molar-refractivity contribution in [3.63, 3.8) is 0 Å². The van der Waals surface area contributed by atoms with E-state index in [0.29, 0.717) is 72.7 Å². The van der Waals surface area contributed by atoms with Gasteiger partial charge < -0.3 is 52.1 Å². The molecule has 0 amide bonds. The first-order valence-corrected chi connectivity index (χ1v) is 50.1. The fourth-order valence-corrected chi connectivity index (χ4v) is 7.24. The molecule has 0 fully saturated rings. The third kappa shape index (κ3) is 496. The molecule has 0 aromatic carbocycles. The van der Waals surface area contributed by atoms with Crippen LogP contribution in [0, 0.1) is 0 Å². The molecular weight excluding hydrogens is 1600 g/mol. The van der Waals surface area contributed by atoms with Crippen LogP contribution in [-0.2, 0) is 105 Å². The third-order valence-electron chi connectivity index (χ3n) is 13.4. The summed E-state index contributed by atoms with van der Waals surface area (Å²) in [5, 5.41) is 0. The van der Waals surface area contributed by atoms with E-state index in [1.807, 2.05) is 0 Å². The van der Waals surface area contributed by atoms with Crippen molar-refractivity contribution in [3.8, 4) is 0 Å². The summed E-state index contributed by atoms with van der Waals surface area (Å²) >= 11 is 0. The summed E-state index contributed by atoms with van der Waals surface area (Å²) in [6.07, 6.45) is 55.4. The summed E-state index contributed by atoms with van der Waals surface area (Å²) in [6, 6.07) is 0. The van der Waals surface area contributed by atoms with Gasteiger partial charge in [0.1, 0.15) is 0 Å². The Hall–Kier alpha value is -5.83. The third-order valence-corrected chi connectivity index (χ3v) is 13.4. The standard InChI is InChI=1S/10C6H14.11C4H8O2/c10*1-3-5-6-4-2;11*1-3-6-4(2)5/h10*3-6H2,1-2H3;11*3H2,1-2H3. The number of hydrogen-bond acceptors (Lipinski definition) is 22. The number of ether oxygens (including phenoxy) is 11. The van der Waals surface area contributed by atoms with Crippen LogP contribution in [0.2, 0.25) is 0 Å². The molecule has 0 aromatic heterocycles. The highest BCUT2D eigenvalue weighted by molar-refractivity contribution is 5.68. The molecule has 22 heteroatoms. The van der Waals surface area contributed by atoms with E-state index in [4.69, 9.17) is 0 Å². The number of unbranched alkanes of at least 4 members (excludes halogenated alkanes) is 30. The second kappa shape index (κ2) is 209. The maximum Gasteiger partial charge on any atom is 0.302 e. The summed E-state index contributed by atoms with van der Waals surface area (Å²) < 4.78 is 48.4. The second-order valence-corrected chi connectivity index (χ2v) is 27.2. The molecule has 0 aliphatic rings. The molecule has 0 bridgehead atoms. The Kier molecular flexibility index (Phi) is 288. The molecule has 776 valence electrons. The van der Waals surface area contributed by atoms with Crippen molar-refractivity contribution in [3.05, 3.63) is 0 Å². The van der Waals surface area contributed by atoms with Gasteiger partial charge >= 0.3 is 65.7 Å². The average Bonchev–Trinajstić information content (AvgIpc) is 1.56. The zero-order chi connectivity index (χ0) is 103. The van der Waals surface area contributed by atoms with Gasteiger partial charge in [-0.25, -0.2) is 0 Å². The Morgan fingerprint density at radius 1 is 0.103 bits per heavy atom. The van der Waals surface area contributed by atoms with E-state index in [9.17, 15) is 52.7 Å². The van der Waals surface area contributed by atoms with Crippen LogP contribution < -0.4 is 0 Å². The van der Waals surface area contributed by atoms with E-state index in [2.05, 4.69) is 191 Å². The first-order valence-electron chi connectivity index (χ1n) is 50.1. The van der Waals surface area contributed by atoms with Crippen LogP contribution in [0.25, 0.3) is 0 Å². The van der Waals surface area contributed by atoms with Gasteiger partial charge in [0.25, 0.3) is 0 Å². The summed E-state index contributed by atoms with van der Waals surface area (Å²) in [7, 11) is 0. The van der Waals surface area contributed by atoms with Crippen LogP contribution in [0.5, 0.6) is 0 Å². The minimum absolute atomic E-state index is 0.211. The van der Waals surface area contributed by atoms with E-state index in [0.717, 1.165) is 0 Å². The molecular formula is C104H228O22. The van der Waals surface area contributed by atoms with E-state index in [-0.39, 0.29) is 65.7 Å². The van der Waals surface area contributed by atoms with Gasteiger partial charge in [0.2, 0.25) is 0 Å². The fraction of sp³-hybridized carbons (Fsp3) is 0.894. The number of hydrogen-bond donors (Lipinski definition) is 0. The molecule has 0 N–H and O–H groups in total.